The van der Waals surface area contributed by atoms with Gasteiger partial charge in [-0.3, -0.25) is 9.59 Å². The van der Waals surface area contributed by atoms with Crippen molar-refractivity contribution in [1.82, 2.24) is 0 Å². The van der Waals surface area contributed by atoms with Gasteiger partial charge in [-0.25, -0.2) is 0 Å². The number of rotatable bonds is 36. The Bertz CT molecular complexity index is 812. The van der Waals surface area contributed by atoms with Gasteiger partial charge in [0.15, 0.2) is 6.10 Å². The number of hydrogen-bond acceptors (Lipinski definition) is 5. The van der Waals surface area contributed by atoms with Crippen LogP contribution in [0, 0.1) is 0 Å². The molecule has 1 atom stereocenters. The quantitative estimate of drug-likeness (QED) is 0.0407. The minimum Gasteiger partial charge on any atom is -0.462 e. The van der Waals surface area contributed by atoms with E-state index in [-0.39, 0.29) is 25.2 Å². The predicted molar refractivity (Wildman–Crippen MR) is 205 cm³/mol. The van der Waals surface area contributed by atoms with Gasteiger partial charge in [0.1, 0.15) is 6.61 Å². The molecule has 5 heteroatoms. The Morgan fingerprint density at radius 3 is 1.33 bits per heavy atom. The Balaban J connectivity index is 3.64. The number of unbranched alkanes of at least 4 members (excludes halogenated alkanes) is 20. The molecule has 0 aliphatic carbocycles. The molecule has 0 fully saturated rings. The summed E-state index contributed by atoms with van der Waals surface area (Å²) in [5, 5.41) is 9.55. The van der Waals surface area contributed by atoms with Gasteiger partial charge in [-0.1, -0.05) is 159 Å². The average Bonchev–Trinajstić information content (AvgIpc) is 3.09. The maximum Gasteiger partial charge on any atom is 0.306 e. The predicted octanol–water partition coefficient (Wildman–Crippen LogP) is 12.6. The van der Waals surface area contributed by atoms with E-state index in [9.17, 15) is 14.7 Å². The van der Waals surface area contributed by atoms with Gasteiger partial charge in [-0.05, 0) is 70.6 Å². The van der Waals surface area contributed by atoms with Crippen molar-refractivity contribution in [1.29, 1.82) is 0 Å². The van der Waals surface area contributed by atoms with Crippen LogP contribution in [0.25, 0.3) is 0 Å². The summed E-state index contributed by atoms with van der Waals surface area (Å²) in [6, 6.07) is 0. The van der Waals surface area contributed by atoms with Gasteiger partial charge < -0.3 is 14.6 Å². The van der Waals surface area contributed by atoms with Crippen molar-refractivity contribution in [3.8, 4) is 0 Å². The third-order valence-electron chi connectivity index (χ3n) is 8.60. The minimum atomic E-state index is -0.793. The Labute approximate surface area is 297 Å². The van der Waals surface area contributed by atoms with Crippen LogP contribution >= 0.6 is 0 Å². The molecule has 0 aliphatic rings. The number of hydrogen-bond donors (Lipinski definition) is 1. The highest BCUT2D eigenvalue weighted by molar-refractivity contribution is 5.70. The van der Waals surface area contributed by atoms with Gasteiger partial charge in [0.2, 0.25) is 0 Å². The van der Waals surface area contributed by atoms with Crippen molar-refractivity contribution in [2.45, 2.75) is 200 Å². The maximum atomic E-state index is 12.2. The summed E-state index contributed by atoms with van der Waals surface area (Å²) >= 11 is 0. The van der Waals surface area contributed by atoms with E-state index in [0.717, 1.165) is 38.5 Å². The Kier molecular flexibility index (Phi) is 37.5. The molecule has 1 N–H and O–H groups in total. The van der Waals surface area contributed by atoms with Crippen molar-refractivity contribution in [3.63, 3.8) is 0 Å². The van der Waals surface area contributed by atoms with Crippen molar-refractivity contribution in [2.75, 3.05) is 13.2 Å². The molecule has 0 aromatic heterocycles. The lowest BCUT2D eigenvalue weighted by atomic mass is 10.1. The number of aliphatic hydroxyl groups excluding tert-OH is 1. The third kappa shape index (κ3) is 36.7. The van der Waals surface area contributed by atoms with E-state index in [1.165, 1.54) is 122 Å². The number of carbonyl (C=O) groups is 2. The maximum absolute atomic E-state index is 12.2. The molecule has 0 amide bonds. The molecule has 0 saturated heterocycles. The Morgan fingerprint density at radius 2 is 0.854 bits per heavy atom. The van der Waals surface area contributed by atoms with Gasteiger partial charge in [0, 0.05) is 12.8 Å². The van der Waals surface area contributed by atoms with Crippen molar-refractivity contribution in [2.24, 2.45) is 0 Å². The molecule has 0 bridgehead atoms. The van der Waals surface area contributed by atoms with Crippen LogP contribution in [0.5, 0.6) is 0 Å². The first-order valence-corrected chi connectivity index (χ1v) is 20.2. The minimum absolute atomic E-state index is 0.0939. The lowest BCUT2D eigenvalue weighted by molar-refractivity contribution is -0.161. The van der Waals surface area contributed by atoms with Gasteiger partial charge >= 0.3 is 11.9 Å². The average molecular weight is 673 g/mol. The van der Waals surface area contributed by atoms with E-state index in [0.29, 0.717) is 19.3 Å². The number of esters is 2. The van der Waals surface area contributed by atoms with E-state index in [2.05, 4.69) is 62.5 Å². The second-order valence-electron chi connectivity index (χ2n) is 13.4. The summed E-state index contributed by atoms with van der Waals surface area (Å²) in [6.45, 7) is 4.08. The first-order valence-electron chi connectivity index (χ1n) is 20.2. The molecule has 0 radical (unpaired) electrons. The standard InChI is InChI=1S/C43H76O5/c1-3-5-7-9-11-13-15-17-19-21-23-25-27-29-31-33-35-37-42(45)47-40-41(39-44)48-43(46)38-36-34-32-30-28-26-24-22-20-18-16-14-12-10-8-6-4-2/h17-20,23,25,29,31,41,44H,3-16,21-22,24,26-28,30,32-40H2,1-2H3. The number of carbonyl (C=O) groups excluding carboxylic acids is 2. The van der Waals surface area contributed by atoms with Gasteiger partial charge in [-0.15, -0.1) is 0 Å². The first-order chi connectivity index (χ1) is 23.6. The Morgan fingerprint density at radius 1 is 0.479 bits per heavy atom. The number of allylic oxidation sites excluding steroid dienone is 8. The zero-order chi connectivity index (χ0) is 35.0. The topological polar surface area (TPSA) is 72.8 Å². The summed E-state index contributed by atoms with van der Waals surface area (Å²) in [5.74, 6) is -0.657. The molecule has 0 rings (SSSR count). The molecule has 5 nitrogen and oxygen atoms in total. The van der Waals surface area contributed by atoms with Crippen LogP contribution in [-0.4, -0.2) is 36.4 Å². The molecule has 48 heavy (non-hydrogen) atoms. The normalized spacial score (nSPS) is 12.6. The fraction of sp³-hybridized carbons (Fsp3) is 0.767. The van der Waals surface area contributed by atoms with E-state index in [1.54, 1.807) is 0 Å². The van der Waals surface area contributed by atoms with E-state index in [1.807, 2.05) is 0 Å². The lowest BCUT2D eigenvalue weighted by Crippen LogP contribution is -2.28. The molecular formula is C43H76O5. The second kappa shape index (κ2) is 39.3. The SMILES string of the molecule is CCCCCCCCC=CCC=CCC=CCCCC(=O)OCC(CO)OC(=O)CCCCCCCCCC=CCCCCCCCC. The fourth-order valence-corrected chi connectivity index (χ4v) is 5.51. The van der Waals surface area contributed by atoms with Crippen molar-refractivity contribution >= 4 is 11.9 Å². The molecule has 0 saturated carbocycles. The van der Waals surface area contributed by atoms with Crippen molar-refractivity contribution in [3.05, 3.63) is 48.6 Å². The monoisotopic (exact) mass is 673 g/mol. The zero-order valence-electron chi connectivity index (χ0n) is 31.5. The highest BCUT2D eigenvalue weighted by Crippen LogP contribution is 2.12. The van der Waals surface area contributed by atoms with E-state index < -0.39 is 6.10 Å². The molecular weight excluding hydrogens is 596 g/mol. The molecule has 0 aliphatic heterocycles. The molecule has 0 heterocycles. The summed E-state index contributed by atoms with van der Waals surface area (Å²) in [7, 11) is 0. The molecule has 278 valence electrons. The van der Waals surface area contributed by atoms with Gasteiger partial charge in [-0.2, -0.15) is 0 Å². The van der Waals surface area contributed by atoms with E-state index in [4.69, 9.17) is 9.47 Å². The Hall–Kier alpha value is -2.14. The number of ether oxygens (including phenoxy) is 2. The van der Waals surface area contributed by atoms with Crippen LogP contribution in [-0.2, 0) is 19.1 Å². The van der Waals surface area contributed by atoms with Crippen LogP contribution in [0.2, 0.25) is 0 Å². The molecule has 1 unspecified atom stereocenters. The highest BCUT2D eigenvalue weighted by atomic mass is 16.6. The zero-order valence-corrected chi connectivity index (χ0v) is 31.5. The first kappa shape index (κ1) is 45.9. The molecule has 0 spiro atoms. The van der Waals surface area contributed by atoms with Gasteiger partial charge in [0.05, 0.1) is 6.61 Å². The summed E-state index contributed by atoms with van der Waals surface area (Å²) in [5.41, 5.74) is 0. The van der Waals surface area contributed by atoms with Crippen LogP contribution in [0.3, 0.4) is 0 Å². The second-order valence-corrected chi connectivity index (χ2v) is 13.4. The molecule has 0 aromatic carbocycles. The van der Waals surface area contributed by atoms with Crippen LogP contribution in [0.1, 0.15) is 194 Å². The van der Waals surface area contributed by atoms with Gasteiger partial charge in [0.25, 0.3) is 0 Å². The summed E-state index contributed by atoms with van der Waals surface area (Å²) in [6.07, 6.45) is 48.9. The van der Waals surface area contributed by atoms with Crippen LogP contribution in [0.4, 0.5) is 0 Å². The summed E-state index contributed by atoms with van der Waals surface area (Å²) in [4.78, 5) is 24.2. The van der Waals surface area contributed by atoms with Crippen molar-refractivity contribution < 1.29 is 24.2 Å². The van der Waals surface area contributed by atoms with Crippen LogP contribution < -0.4 is 0 Å². The largest absolute Gasteiger partial charge is 0.462 e. The molecule has 0 aromatic rings. The number of aliphatic hydroxyl groups is 1. The van der Waals surface area contributed by atoms with Crippen LogP contribution in [0.15, 0.2) is 48.6 Å². The smallest absolute Gasteiger partial charge is 0.306 e. The fourth-order valence-electron chi connectivity index (χ4n) is 5.51. The lowest BCUT2D eigenvalue weighted by Gasteiger charge is -2.15. The van der Waals surface area contributed by atoms with E-state index >= 15 is 0 Å². The summed E-state index contributed by atoms with van der Waals surface area (Å²) < 4.78 is 10.6. The third-order valence-corrected chi connectivity index (χ3v) is 8.60. The highest BCUT2D eigenvalue weighted by Gasteiger charge is 2.16.